The van der Waals surface area contributed by atoms with E-state index in [1.165, 1.54) is 5.57 Å². The molecule has 0 amide bonds. The third-order valence-corrected chi connectivity index (χ3v) is 3.35. The number of nitrogens with zero attached hydrogens (tertiary/aromatic N) is 2. The van der Waals surface area contributed by atoms with Crippen LogP contribution in [-0.4, -0.2) is 16.8 Å². The molecule has 0 saturated carbocycles. The quantitative estimate of drug-likeness (QED) is 0.303. The number of carbonyl (C=O) groups excluding carboxylic acids is 1. The Kier molecular flexibility index (Phi) is 3.59. The molecule has 0 saturated heterocycles. The van der Waals surface area contributed by atoms with Crippen molar-refractivity contribution in [3.8, 4) is 0 Å². The Bertz CT molecular complexity index is 336. The van der Waals surface area contributed by atoms with E-state index in [2.05, 4.69) is 31.6 Å². The Labute approximate surface area is 90.8 Å². The third kappa shape index (κ3) is 2.87. The molecule has 1 atom stereocenters. The van der Waals surface area contributed by atoms with E-state index >= 15 is 0 Å². The molecule has 0 N–H and O–H groups in total. The van der Waals surface area contributed by atoms with E-state index in [0.717, 1.165) is 19.1 Å². The number of hydrogen-bond acceptors (Lipinski definition) is 1. The first-order valence-corrected chi connectivity index (χ1v) is 5.34. The fourth-order valence-corrected chi connectivity index (χ4v) is 2.36. The van der Waals surface area contributed by atoms with Gasteiger partial charge in [0.2, 0.25) is 5.78 Å². The molecule has 0 bridgehead atoms. The number of allylic oxidation sites excluding steroid dienone is 2. The summed E-state index contributed by atoms with van der Waals surface area (Å²) >= 11 is 0. The van der Waals surface area contributed by atoms with Crippen LogP contribution in [0.1, 0.15) is 40.0 Å². The summed E-state index contributed by atoms with van der Waals surface area (Å²) in [7, 11) is 0. The highest BCUT2D eigenvalue weighted by Gasteiger charge is 2.34. The Balaban J connectivity index is 2.81. The maximum atomic E-state index is 11.4. The smallest absolute Gasteiger partial charge is 0.323 e. The molecule has 0 aromatic carbocycles. The SMILES string of the molecule is CC1=CCCC(C)(C)C1CC(=O)C=[N+]=[N-]. The first kappa shape index (κ1) is 11.9. The Morgan fingerprint density at radius 3 is 2.93 bits per heavy atom. The van der Waals surface area contributed by atoms with Crippen LogP contribution < -0.4 is 0 Å². The maximum absolute atomic E-state index is 11.4. The van der Waals surface area contributed by atoms with Crippen LogP contribution >= 0.6 is 0 Å². The lowest BCUT2D eigenvalue weighted by Gasteiger charge is -2.37. The van der Waals surface area contributed by atoms with Crippen molar-refractivity contribution in [2.45, 2.75) is 40.0 Å². The van der Waals surface area contributed by atoms with E-state index in [0.29, 0.717) is 6.42 Å². The van der Waals surface area contributed by atoms with Crippen LogP contribution in [0.4, 0.5) is 0 Å². The van der Waals surface area contributed by atoms with Gasteiger partial charge in [-0.25, -0.2) is 0 Å². The van der Waals surface area contributed by atoms with Gasteiger partial charge >= 0.3 is 6.21 Å². The van der Waals surface area contributed by atoms with Crippen LogP contribution in [0.5, 0.6) is 0 Å². The highest BCUT2D eigenvalue weighted by molar-refractivity contribution is 6.25. The normalized spacial score (nSPS) is 23.9. The minimum Gasteiger partial charge on any atom is -0.361 e. The van der Waals surface area contributed by atoms with Crippen molar-refractivity contribution < 1.29 is 9.58 Å². The molecule has 0 heterocycles. The summed E-state index contributed by atoms with van der Waals surface area (Å²) < 4.78 is 0. The number of Topliss-reactive ketones (excluding diaryl/α,β-unsaturated/α-hetero) is 1. The van der Waals surface area contributed by atoms with Gasteiger partial charge in [-0.05, 0) is 31.1 Å². The molecule has 3 heteroatoms. The molecule has 0 aliphatic heterocycles. The average Bonchev–Trinajstić information content (AvgIpc) is 2.12. The van der Waals surface area contributed by atoms with E-state index in [1.54, 1.807) is 0 Å². The fraction of sp³-hybridized carbons (Fsp3) is 0.667. The first-order chi connectivity index (χ1) is 6.97. The van der Waals surface area contributed by atoms with Crippen molar-refractivity contribution in [3.05, 3.63) is 17.2 Å². The number of rotatable bonds is 3. The van der Waals surface area contributed by atoms with E-state index in [1.807, 2.05) is 0 Å². The molecule has 0 fully saturated rings. The Morgan fingerprint density at radius 2 is 2.40 bits per heavy atom. The first-order valence-electron chi connectivity index (χ1n) is 5.34. The summed E-state index contributed by atoms with van der Waals surface area (Å²) in [6.45, 7) is 6.46. The van der Waals surface area contributed by atoms with Gasteiger partial charge in [0.1, 0.15) is 0 Å². The summed E-state index contributed by atoms with van der Waals surface area (Å²) in [6.07, 6.45) is 5.85. The second kappa shape index (κ2) is 4.54. The topological polar surface area (TPSA) is 53.5 Å². The van der Waals surface area contributed by atoms with Gasteiger partial charge in [0.25, 0.3) is 0 Å². The van der Waals surface area contributed by atoms with Gasteiger partial charge < -0.3 is 5.53 Å². The lowest BCUT2D eigenvalue weighted by atomic mass is 9.67. The molecule has 0 aromatic heterocycles. The van der Waals surface area contributed by atoms with Gasteiger partial charge in [-0.1, -0.05) is 25.5 Å². The van der Waals surface area contributed by atoms with Gasteiger partial charge in [0.15, 0.2) is 0 Å². The van der Waals surface area contributed by atoms with Crippen LogP contribution in [0.15, 0.2) is 11.6 Å². The largest absolute Gasteiger partial charge is 0.361 e. The van der Waals surface area contributed by atoms with Crippen molar-refractivity contribution >= 4 is 12.0 Å². The Hall–Kier alpha value is -1.21. The van der Waals surface area contributed by atoms with Crippen LogP contribution in [0.25, 0.3) is 5.53 Å². The van der Waals surface area contributed by atoms with Crippen LogP contribution in [0.3, 0.4) is 0 Å². The van der Waals surface area contributed by atoms with Crippen molar-refractivity contribution in [1.82, 2.24) is 0 Å². The van der Waals surface area contributed by atoms with Crippen molar-refractivity contribution in [2.75, 3.05) is 0 Å². The monoisotopic (exact) mass is 206 g/mol. The molecule has 1 aliphatic rings. The second-order valence-electron chi connectivity index (χ2n) is 4.94. The molecule has 0 radical (unpaired) electrons. The molecule has 1 aliphatic carbocycles. The summed E-state index contributed by atoms with van der Waals surface area (Å²) in [4.78, 5) is 14.2. The van der Waals surface area contributed by atoms with Crippen LogP contribution in [-0.2, 0) is 4.79 Å². The molecule has 1 unspecified atom stereocenters. The second-order valence-corrected chi connectivity index (χ2v) is 4.94. The van der Waals surface area contributed by atoms with Gasteiger partial charge in [-0.3, -0.25) is 4.79 Å². The zero-order valence-electron chi connectivity index (χ0n) is 9.66. The zero-order chi connectivity index (χ0) is 11.5. The van der Waals surface area contributed by atoms with E-state index in [9.17, 15) is 4.79 Å². The van der Waals surface area contributed by atoms with Gasteiger partial charge in [-0.2, -0.15) is 4.79 Å². The third-order valence-electron chi connectivity index (χ3n) is 3.35. The minimum atomic E-state index is -0.106. The zero-order valence-corrected chi connectivity index (χ0v) is 9.66. The number of ketones is 1. The molecule has 15 heavy (non-hydrogen) atoms. The number of carbonyl (C=O) groups is 1. The number of hydrogen-bond donors (Lipinski definition) is 0. The highest BCUT2D eigenvalue weighted by atomic mass is 16.1. The maximum Gasteiger partial charge on any atom is 0.323 e. The average molecular weight is 206 g/mol. The predicted octanol–water partition coefficient (Wildman–Crippen LogP) is 2.63. The summed E-state index contributed by atoms with van der Waals surface area (Å²) in [6, 6.07) is 0. The lowest BCUT2D eigenvalue weighted by molar-refractivity contribution is -0.117. The molecule has 0 spiro atoms. The summed E-state index contributed by atoms with van der Waals surface area (Å²) in [5, 5.41) is 0. The van der Waals surface area contributed by atoms with Crippen molar-refractivity contribution in [2.24, 2.45) is 11.3 Å². The predicted molar refractivity (Wildman–Crippen MR) is 59.6 cm³/mol. The molecule has 0 aromatic rings. The highest BCUT2D eigenvalue weighted by Crippen LogP contribution is 2.42. The van der Waals surface area contributed by atoms with E-state index in [4.69, 9.17) is 5.53 Å². The van der Waals surface area contributed by atoms with E-state index < -0.39 is 0 Å². The fourth-order valence-electron chi connectivity index (χ4n) is 2.36. The van der Waals surface area contributed by atoms with Crippen LogP contribution in [0.2, 0.25) is 0 Å². The molecule has 1 rings (SSSR count). The molecular weight excluding hydrogens is 188 g/mol. The summed E-state index contributed by atoms with van der Waals surface area (Å²) in [5.41, 5.74) is 9.74. The molecule has 82 valence electrons. The molecular formula is C12H18N2O. The summed E-state index contributed by atoms with van der Waals surface area (Å²) in [5.74, 6) is 0.168. The lowest BCUT2D eigenvalue weighted by Crippen LogP contribution is -2.30. The van der Waals surface area contributed by atoms with Crippen molar-refractivity contribution in [3.63, 3.8) is 0 Å². The van der Waals surface area contributed by atoms with E-state index in [-0.39, 0.29) is 17.1 Å². The standard InChI is InChI=1S/C12H18N2O/c1-9-5-4-6-12(2,3)11(9)7-10(15)8-14-13/h5,8,11H,4,6-7H2,1-3H3. The van der Waals surface area contributed by atoms with Gasteiger partial charge in [0, 0.05) is 6.42 Å². The molecule has 3 nitrogen and oxygen atoms in total. The van der Waals surface area contributed by atoms with Gasteiger partial charge in [0.05, 0.1) is 0 Å². The van der Waals surface area contributed by atoms with Crippen molar-refractivity contribution in [1.29, 1.82) is 0 Å². The van der Waals surface area contributed by atoms with Crippen LogP contribution in [0, 0.1) is 11.3 Å². The van der Waals surface area contributed by atoms with Gasteiger partial charge in [-0.15, -0.1) is 0 Å². The minimum absolute atomic E-state index is 0.106. The Morgan fingerprint density at radius 1 is 1.73 bits per heavy atom.